The van der Waals surface area contributed by atoms with Crippen LogP contribution in [0.4, 0.5) is 5.69 Å². The van der Waals surface area contributed by atoms with Crippen molar-refractivity contribution in [1.82, 2.24) is 9.97 Å². The summed E-state index contributed by atoms with van der Waals surface area (Å²) >= 11 is 0. The lowest BCUT2D eigenvalue weighted by molar-refractivity contribution is 0.102. The van der Waals surface area contributed by atoms with Crippen LogP contribution in [0.25, 0.3) is 11.0 Å². The first-order chi connectivity index (χ1) is 11.0. The second-order valence-corrected chi connectivity index (χ2v) is 6.84. The van der Waals surface area contributed by atoms with Gasteiger partial charge in [0.25, 0.3) is 5.91 Å². The molecule has 2 aromatic carbocycles. The summed E-state index contributed by atoms with van der Waals surface area (Å²) < 4.78 is 0. The van der Waals surface area contributed by atoms with E-state index in [1.165, 1.54) is 11.1 Å². The number of anilines is 1. The first-order valence-corrected chi connectivity index (χ1v) is 7.91. The minimum atomic E-state index is -0.0984. The highest BCUT2D eigenvalue weighted by Gasteiger charge is 2.29. The Morgan fingerprint density at radius 2 is 2.09 bits per heavy atom. The lowest BCUT2D eigenvalue weighted by atomic mass is 9.86. The first kappa shape index (κ1) is 14.0. The van der Waals surface area contributed by atoms with Crippen LogP contribution in [0.1, 0.15) is 41.8 Å². The van der Waals surface area contributed by atoms with Crippen LogP contribution in [0, 0.1) is 0 Å². The van der Waals surface area contributed by atoms with Gasteiger partial charge in [-0.05, 0) is 59.7 Å². The van der Waals surface area contributed by atoms with Crippen molar-refractivity contribution in [3.8, 4) is 0 Å². The predicted molar refractivity (Wildman–Crippen MR) is 91.8 cm³/mol. The lowest BCUT2D eigenvalue weighted by Gasteiger charge is -2.19. The highest BCUT2D eigenvalue weighted by molar-refractivity contribution is 6.05. The Labute approximate surface area is 134 Å². The van der Waals surface area contributed by atoms with Gasteiger partial charge in [-0.15, -0.1) is 0 Å². The third-order valence-corrected chi connectivity index (χ3v) is 4.79. The van der Waals surface area contributed by atoms with Gasteiger partial charge in [-0.3, -0.25) is 4.79 Å². The maximum absolute atomic E-state index is 12.5. The van der Waals surface area contributed by atoms with Crippen molar-refractivity contribution >= 4 is 22.6 Å². The standard InChI is InChI=1S/C19H19N3O/c1-19(2)8-7-12-9-14(4-5-15(12)19)22-18(23)13-3-6-16-17(10-13)21-11-20-16/h3-6,9-11H,7-8H2,1-2H3,(H,20,21)(H,22,23). The third-order valence-electron chi connectivity index (χ3n) is 4.79. The Balaban J connectivity index is 1.59. The fraction of sp³-hybridized carbons (Fsp3) is 0.263. The van der Waals surface area contributed by atoms with E-state index in [4.69, 9.17) is 0 Å². The highest BCUT2D eigenvalue weighted by atomic mass is 16.1. The van der Waals surface area contributed by atoms with Gasteiger partial charge in [0.05, 0.1) is 17.4 Å². The Morgan fingerprint density at radius 3 is 2.96 bits per heavy atom. The normalized spacial score (nSPS) is 15.6. The van der Waals surface area contributed by atoms with Crippen LogP contribution in [-0.4, -0.2) is 15.9 Å². The second-order valence-electron chi connectivity index (χ2n) is 6.84. The molecule has 4 rings (SSSR count). The Morgan fingerprint density at radius 1 is 1.22 bits per heavy atom. The van der Waals surface area contributed by atoms with Gasteiger partial charge in [-0.2, -0.15) is 0 Å². The molecule has 116 valence electrons. The van der Waals surface area contributed by atoms with Crippen LogP contribution in [-0.2, 0) is 11.8 Å². The van der Waals surface area contributed by atoms with E-state index in [0.717, 1.165) is 29.6 Å². The second kappa shape index (κ2) is 4.95. The van der Waals surface area contributed by atoms with Gasteiger partial charge in [-0.1, -0.05) is 19.9 Å². The molecule has 0 atom stereocenters. The number of aromatic amines is 1. The summed E-state index contributed by atoms with van der Waals surface area (Å²) in [5.41, 5.74) is 6.20. The number of carbonyl (C=O) groups is 1. The molecular weight excluding hydrogens is 286 g/mol. The zero-order valence-corrected chi connectivity index (χ0v) is 13.3. The zero-order valence-electron chi connectivity index (χ0n) is 13.3. The largest absolute Gasteiger partial charge is 0.345 e. The molecule has 0 fully saturated rings. The van der Waals surface area contributed by atoms with Crippen LogP contribution in [0.3, 0.4) is 0 Å². The summed E-state index contributed by atoms with van der Waals surface area (Å²) in [6, 6.07) is 11.7. The van der Waals surface area contributed by atoms with Gasteiger partial charge in [0.2, 0.25) is 0 Å². The molecule has 0 radical (unpaired) electrons. The van der Waals surface area contributed by atoms with Crippen molar-refractivity contribution in [3.63, 3.8) is 0 Å². The molecule has 1 heterocycles. The highest BCUT2D eigenvalue weighted by Crippen LogP contribution is 2.39. The fourth-order valence-electron chi connectivity index (χ4n) is 3.40. The monoisotopic (exact) mass is 305 g/mol. The number of fused-ring (bicyclic) bond motifs is 2. The van der Waals surface area contributed by atoms with Crippen LogP contribution < -0.4 is 5.32 Å². The van der Waals surface area contributed by atoms with E-state index >= 15 is 0 Å². The number of carbonyl (C=O) groups excluding carboxylic acids is 1. The molecule has 0 saturated carbocycles. The molecule has 4 nitrogen and oxygen atoms in total. The predicted octanol–water partition coefficient (Wildman–Crippen LogP) is 4.04. The number of aromatic nitrogens is 2. The molecule has 0 saturated heterocycles. The minimum Gasteiger partial charge on any atom is -0.345 e. The topological polar surface area (TPSA) is 57.8 Å². The van der Waals surface area contributed by atoms with Crippen LogP contribution >= 0.6 is 0 Å². The van der Waals surface area contributed by atoms with Gasteiger partial charge >= 0.3 is 0 Å². The van der Waals surface area contributed by atoms with Crippen molar-refractivity contribution in [2.75, 3.05) is 5.32 Å². The number of benzene rings is 2. The van der Waals surface area contributed by atoms with Crippen molar-refractivity contribution in [1.29, 1.82) is 0 Å². The third kappa shape index (κ3) is 2.40. The van der Waals surface area contributed by atoms with Gasteiger partial charge in [-0.25, -0.2) is 4.98 Å². The summed E-state index contributed by atoms with van der Waals surface area (Å²) in [6.45, 7) is 4.55. The quantitative estimate of drug-likeness (QED) is 0.750. The van der Waals surface area contributed by atoms with Crippen molar-refractivity contribution in [2.24, 2.45) is 0 Å². The molecule has 2 N–H and O–H groups in total. The average Bonchev–Trinajstić information content (AvgIpc) is 3.11. The molecule has 0 aliphatic heterocycles. The summed E-state index contributed by atoms with van der Waals surface area (Å²) in [4.78, 5) is 19.7. The van der Waals surface area contributed by atoms with Gasteiger partial charge < -0.3 is 10.3 Å². The summed E-state index contributed by atoms with van der Waals surface area (Å²) in [6.07, 6.45) is 3.87. The molecule has 1 aliphatic carbocycles. The van der Waals surface area contributed by atoms with E-state index in [0.29, 0.717) is 5.56 Å². The molecule has 3 aromatic rings. The molecule has 0 bridgehead atoms. The van der Waals surface area contributed by atoms with E-state index in [1.54, 1.807) is 12.4 Å². The van der Waals surface area contributed by atoms with Gasteiger partial charge in [0.1, 0.15) is 0 Å². The molecule has 4 heteroatoms. The maximum atomic E-state index is 12.5. The van der Waals surface area contributed by atoms with E-state index in [1.807, 2.05) is 18.2 Å². The minimum absolute atomic E-state index is 0.0984. The van der Waals surface area contributed by atoms with Crippen LogP contribution in [0.15, 0.2) is 42.7 Å². The van der Waals surface area contributed by atoms with Crippen molar-refractivity contribution in [2.45, 2.75) is 32.1 Å². The molecule has 23 heavy (non-hydrogen) atoms. The van der Waals surface area contributed by atoms with E-state index in [-0.39, 0.29) is 11.3 Å². The number of nitrogens with zero attached hydrogens (tertiary/aromatic N) is 1. The molecular formula is C19H19N3O. The Bertz CT molecular complexity index is 908. The van der Waals surface area contributed by atoms with Crippen molar-refractivity contribution < 1.29 is 4.79 Å². The van der Waals surface area contributed by atoms with Gasteiger partial charge in [0, 0.05) is 11.3 Å². The Hall–Kier alpha value is -2.62. The first-order valence-electron chi connectivity index (χ1n) is 7.91. The zero-order chi connectivity index (χ0) is 16.0. The van der Waals surface area contributed by atoms with Crippen LogP contribution in [0.2, 0.25) is 0 Å². The van der Waals surface area contributed by atoms with E-state index < -0.39 is 0 Å². The molecule has 1 amide bonds. The van der Waals surface area contributed by atoms with E-state index in [9.17, 15) is 4.79 Å². The number of H-pyrrole nitrogens is 1. The summed E-state index contributed by atoms with van der Waals surface area (Å²) in [5.74, 6) is -0.0984. The number of nitrogens with one attached hydrogen (secondary N) is 2. The van der Waals surface area contributed by atoms with Crippen LogP contribution in [0.5, 0.6) is 0 Å². The maximum Gasteiger partial charge on any atom is 0.255 e. The molecule has 1 aliphatic rings. The number of amides is 1. The summed E-state index contributed by atoms with van der Waals surface area (Å²) in [5, 5.41) is 3.00. The fourth-order valence-corrected chi connectivity index (χ4v) is 3.40. The SMILES string of the molecule is CC1(C)CCc2cc(NC(=O)c3ccc4nc[nH]c4c3)ccc21. The Kier molecular flexibility index (Phi) is 3.01. The number of aryl methyl sites for hydroxylation is 1. The van der Waals surface area contributed by atoms with E-state index in [2.05, 4.69) is 41.3 Å². The molecule has 0 spiro atoms. The summed E-state index contributed by atoms with van der Waals surface area (Å²) in [7, 11) is 0. The lowest BCUT2D eigenvalue weighted by Crippen LogP contribution is -2.13. The van der Waals surface area contributed by atoms with Crippen molar-refractivity contribution in [3.05, 3.63) is 59.4 Å². The number of hydrogen-bond donors (Lipinski definition) is 2. The molecule has 0 unspecified atom stereocenters. The number of imidazole rings is 1. The average molecular weight is 305 g/mol. The van der Waals surface area contributed by atoms with Gasteiger partial charge in [0.15, 0.2) is 0 Å². The number of rotatable bonds is 2. The number of hydrogen-bond acceptors (Lipinski definition) is 2. The molecule has 1 aromatic heterocycles. The smallest absolute Gasteiger partial charge is 0.255 e.